The normalized spacial score (nSPS) is 20.4. The Labute approximate surface area is 188 Å². The average Bonchev–Trinajstić information content (AvgIpc) is 3.65. The van der Waals surface area contributed by atoms with E-state index in [9.17, 15) is 14.4 Å². The Morgan fingerprint density at radius 2 is 1.47 bits per heavy atom. The summed E-state index contributed by atoms with van der Waals surface area (Å²) < 4.78 is 5.95. The first-order valence-electron chi connectivity index (χ1n) is 11.4. The van der Waals surface area contributed by atoms with Gasteiger partial charge in [0.25, 0.3) is 5.91 Å². The molecule has 4 rings (SSSR count). The van der Waals surface area contributed by atoms with E-state index in [0.717, 1.165) is 12.8 Å². The van der Waals surface area contributed by atoms with Crippen molar-refractivity contribution < 1.29 is 24.2 Å². The average molecular weight is 436 g/mol. The summed E-state index contributed by atoms with van der Waals surface area (Å²) in [7, 11) is 0. The molecule has 0 aliphatic heterocycles. The van der Waals surface area contributed by atoms with Crippen LogP contribution < -0.4 is 10.1 Å². The van der Waals surface area contributed by atoms with Crippen LogP contribution in [0.3, 0.4) is 0 Å². The number of hydrogen-bond acceptors (Lipinski definition) is 4. The molecule has 168 valence electrons. The molecule has 2 aliphatic rings. The van der Waals surface area contributed by atoms with Crippen LogP contribution in [0.1, 0.15) is 77.1 Å². The van der Waals surface area contributed by atoms with Crippen molar-refractivity contribution in [1.82, 2.24) is 5.32 Å². The molecule has 32 heavy (non-hydrogen) atoms. The van der Waals surface area contributed by atoms with Crippen LogP contribution in [0.5, 0.6) is 5.75 Å². The Bertz CT molecular complexity index is 955. The SMILES string of the molecule is O=C(CCNC(=O)c1ccc(C2CC2)cc1)c1ccc(OC2CCC(C(=O)O)CC2)cc1. The molecule has 6 heteroatoms. The van der Waals surface area contributed by atoms with E-state index in [2.05, 4.69) is 5.32 Å². The molecule has 6 nitrogen and oxygen atoms in total. The quantitative estimate of drug-likeness (QED) is 0.562. The number of benzene rings is 2. The van der Waals surface area contributed by atoms with Crippen molar-refractivity contribution in [3.63, 3.8) is 0 Å². The lowest BCUT2D eigenvalue weighted by Gasteiger charge is -2.26. The minimum absolute atomic E-state index is 0.0145. The van der Waals surface area contributed by atoms with Crippen LogP contribution in [0.15, 0.2) is 48.5 Å². The fourth-order valence-electron chi connectivity index (χ4n) is 4.20. The van der Waals surface area contributed by atoms with Crippen LogP contribution in [0.2, 0.25) is 0 Å². The smallest absolute Gasteiger partial charge is 0.306 e. The number of carboxylic acid groups (broad SMARTS) is 1. The van der Waals surface area contributed by atoms with E-state index in [1.54, 1.807) is 24.3 Å². The summed E-state index contributed by atoms with van der Waals surface area (Å²) in [6.07, 6.45) is 5.41. The fraction of sp³-hybridized carbons (Fsp3) is 0.423. The Morgan fingerprint density at radius 3 is 2.06 bits per heavy atom. The Kier molecular flexibility index (Phi) is 6.88. The summed E-state index contributed by atoms with van der Waals surface area (Å²) in [6, 6.07) is 14.7. The van der Waals surface area contributed by atoms with Crippen LogP contribution in [-0.2, 0) is 4.79 Å². The van der Waals surface area contributed by atoms with Crippen molar-refractivity contribution in [3.05, 3.63) is 65.2 Å². The molecule has 0 bridgehead atoms. The zero-order valence-corrected chi connectivity index (χ0v) is 18.1. The number of nitrogens with one attached hydrogen (secondary N) is 1. The number of ketones is 1. The third-order valence-electron chi connectivity index (χ3n) is 6.36. The molecule has 1 amide bonds. The molecule has 2 aromatic rings. The molecule has 2 saturated carbocycles. The van der Waals surface area contributed by atoms with Crippen LogP contribution >= 0.6 is 0 Å². The number of carbonyl (C=O) groups is 3. The number of hydrogen-bond donors (Lipinski definition) is 2. The number of ether oxygens (including phenoxy) is 1. The van der Waals surface area contributed by atoms with Gasteiger partial charge in [-0.15, -0.1) is 0 Å². The molecular weight excluding hydrogens is 406 g/mol. The number of Topliss-reactive ketones (excluding diaryl/α,β-unsaturated/α-hetero) is 1. The number of rotatable bonds is 9. The molecule has 0 saturated heterocycles. The van der Waals surface area contributed by atoms with Crippen LogP contribution in [0.25, 0.3) is 0 Å². The van der Waals surface area contributed by atoms with E-state index >= 15 is 0 Å². The van der Waals surface area contributed by atoms with Crippen molar-refractivity contribution >= 4 is 17.7 Å². The van der Waals surface area contributed by atoms with Crippen molar-refractivity contribution in [2.24, 2.45) is 5.92 Å². The highest BCUT2D eigenvalue weighted by Crippen LogP contribution is 2.39. The minimum atomic E-state index is -0.728. The maximum atomic E-state index is 12.4. The van der Waals surface area contributed by atoms with Crippen LogP contribution in [-0.4, -0.2) is 35.4 Å². The first-order valence-corrected chi connectivity index (χ1v) is 11.4. The standard InChI is InChI=1S/C26H29NO5/c28-24(15-16-27-25(29)20-5-3-18(4-6-20)17-1-2-17)19-7-11-22(12-8-19)32-23-13-9-21(10-14-23)26(30)31/h3-8,11-12,17,21,23H,1-2,9-10,13-16H2,(H,27,29)(H,30,31). The molecule has 0 unspecified atom stereocenters. The number of carboxylic acids is 1. The second kappa shape index (κ2) is 9.98. The van der Waals surface area contributed by atoms with Crippen molar-refractivity contribution in [2.45, 2.75) is 57.0 Å². The van der Waals surface area contributed by atoms with Gasteiger partial charge in [0.15, 0.2) is 5.78 Å². The molecular formula is C26H29NO5. The first-order chi connectivity index (χ1) is 15.5. The highest BCUT2D eigenvalue weighted by molar-refractivity contribution is 5.97. The van der Waals surface area contributed by atoms with E-state index < -0.39 is 5.97 Å². The maximum absolute atomic E-state index is 12.4. The second-order valence-corrected chi connectivity index (χ2v) is 8.78. The first kappa shape index (κ1) is 22.1. The van der Waals surface area contributed by atoms with E-state index in [4.69, 9.17) is 9.84 Å². The molecule has 0 spiro atoms. The Morgan fingerprint density at radius 1 is 0.844 bits per heavy atom. The molecule has 2 aliphatic carbocycles. The van der Waals surface area contributed by atoms with Crippen molar-refractivity contribution in [1.29, 1.82) is 0 Å². The second-order valence-electron chi connectivity index (χ2n) is 8.78. The van der Waals surface area contributed by atoms with Gasteiger partial charge < -0.3 is 15.2 Å². The van der Waals surface area contributed by atoms with Gasteiger partial charge in [-0.05, 0) is 86.4 Å². The number of aliphatic carboxylic acids is 1. The predicted octanol–water partition coefficient (Wildman–Crippen LogP) is 4.59. The lowest BCUT2D eigenvalue weighted by atomic mass is 9.87. The van der Waals surface area contributed by atoms with Gasteiger partial charge in [-0.3, -0.25) is 14.4 Å². The third kappa shape index (κ3) is 5.75. The van der Waals surface area contributed by atoms with E-state index in [1.807, 2.05) is 24.3 Å². The van der Waals surface area contributed by atoms with Crippen molar-refractivity contribution in [2.75, 3.05) is 6.54 Å². The Hall–Kier alpha value is -3.15. The summed E-state index contributed by atoms with van der Waals surface area (Å²) in [6.45, 7) is 0.285. The summed E-state index contributed by atoms with van der Waals surface area (Å²) in [4.78, 5) is 35.8. The lowest BCUT2D eigenvalue weighted by molar-refractivity contribution is -0.143. The van der Waals surface area contributed by atoms with Gasteiger partial charge in [0.05, 0.1) is 12.0 Å². The minimum Gasteiger partial charge on any atom is -0.490 e. The van der Waals surface area contributed by atoms with Gasteiger partial charge in [0.1, 0.15) is 5.75 Å². The Balaban J connectivity index is 1.20. The van der Waals surface area contributed by atoms with Gasteiger partial charge in [0.2, 0.25) is 0 Å². The van der Waals surface area contributed by atoms with Gasteiger partial charge in [0, 0.05) is 24.1 Å². The third-order valence-corrected chi connectivity index (χ3v) is 6.36. The van der Waals surface area contributed by atoms with Crippen LogP contribution in [0, 0.1) is 5.92 Å². The van der Waals surface area contributed by atoms with E-state index in [1.165, 1.54) is 18.4 Å². The lowest BCUT2D eigenvalue weighted by Crippen LogP contribution is -2.27. The molecule has 0 atom stereocenters. The van der Waals surface area contributed by atoms with Gasteiger partial charge in [-0.25, -0.2) is 0 Å². The van der Waals surface area contributed by atoms with Crippen LogP contribution in [0.4, 0.5) is 0 Å². The van der Waals surface area contributed by atoms with Gasteiger partial charge >= 0.3 is 5.97 Å². The fourth-order valence-corrected chi connectivity index (χ4v) is 4.20. The molecule has 0 radical (unpaired) electrons. The summed E-state index contributed by atoms with van der Waals surface area (Å²) in [5, 5.41) is 11.9. The van der Waals surface area contributed by atoms with Crippen molar-refractivity contribution in [3.8, 4) is 5.75 Å². The number of carbonyl (C=O) groups excluding carboxylic acids is 2. The summed E-state index contributed by atoms with van der Waals surface area (Å²) in [5.74, 6) is 0.146. The molecule has 0 aromatic heterocycles. The molecule has 2 N–H and O–H groups in total. The maximum Gasteiger partial charge on any atom is 0.306 e. The van der Waals surface area contributed by atoms with E-state index in [-0.39, 0.29) is 36.7 Å². The summed E-state index contributed by atoms with van der Waals surface area (Å²) in [5.41, 5.74) is 2.48. The highest BCUT2D eigenvalue weighted by Gasteiger charge is 2.27. The highest BCUT2D eigenvalue weighted by atomic mass is 16.5. The molecule has 0 heterocycles. The zero-order chi connectivity index (χ0) is 22.5. The molecule has 2 fully saturated rings. The zero-order valence-electron chi connectivity index (χ0n) is 18.1. The van der Waals surface area contributed by atoms with E-state index in [0.29, 0.717) is 35.6 Å². The predicted molar refractivity (Wildman–Crippen MR) is 120 cm³/mol. The largest absolute Gasteiger partial charge is 0.490 e. The summed E-state index contributed by atoms with van der Waals surface area (Å²) >= 11 is 0. The topological polar surface area (TPSA) is 92.7 Å². The monoisotopic (exact) mass is 435 g/mol. The van der Waals surface area contributed by atoms with Gasteiger partial charge in [-0.2, -0.15) is 0 Å². The molecule has 2 aromatic carbocycles. The number of amides is 1. The van der Waals surface area contributed by atoms with Gasteiger partial charge in [-0.1, -0.05) is 12.1 Å².